The van der Waals surface area contributed by atoms with Crippen LogP contribution in [0.2, 0.25) is 0 Å². The number of carbonyl (C=O) groups excluding carboxylic acids is 1. The molecule has 4 nitrogen and oxygen atoms in total. The molecule has 2 unspecified atom stereocenters. The van der Waals surface area contributed by atoms with Gasteiger partial charge in [-0.3, -0.25) is 4.79 Å². The van der Waals surface area contributed by atoms with Crippen molar-refractivity contribution < 1.29 is 9.53 Å². The summed E-state index contributed by atoms with van der Waals surface area (Å²) in [7, 11) is 0. The summed E-state index contributed by atoms with van der Waals surface area (Å²) in [5, 5.41) is 3.04. The van der Waals surface area contributed by atoms with E-state index in [0.717, 1.165) is 44.7 Å². The summed E-state index contributed by atoms with van der Waals surface area (Å²) in [5.41, 5.74) is 1.33. The third kappa shape index (κ3) is 5.38. The number of aryl methyl sites for hydroxylation is 1. The van der Waals surface area contributed by atoms with Crippen LogP contribution in [0.15, 0.2) is 48.8 Å². The molecule has 3 rings (SSSR count). The Balaban J connectivity index is 1.40. The molecular formula is C21H28N2O2. The zero-order valence-electron chi connectivity index (χ0n) is 15.0. The van der Waals surface area contributed by atoms with Gasteiger partial charge in [0.05, 0.1) is 6.61 Å². The van der Waals surface area contributed by atoms with Crippen LogP contribution in [0.5, 0.6) is 5.75 Å². The molecule has 0 bridgehead atoms. The number of ether oxygens (including phenoxy) is 1. The lowest BCUT2D eigenvalue weighted by Crippen LogP contribution is -2.25. The number of hydrogen-bond acceptors (Lipinski definition) is 2. The van der Waals surface area contributed by atoms with Crippen molar-refractivity contribution in [3.05, 3.63) is 54.4 Å². The largest absolute Gasteiger partial charge is 0.494 e. The van der Waals surface area contributed by atoms with E-state index in [1.54, 1.807) is 0 Å². The maximum absolute atomic E-state index is 11.6. The smallest absolute Gasteiger partial charge is 0.219 e. The lowest BCUT2D eigenvalue weighted by Gasteiger charge is -2.09. The van der Waals surface area contributed by atoms with Gasteiger partial charge in [-0.25, -0.2) is 0 Å². The lowest BCUT2D eigenvalue weighted by atomic mass is 10.1. The molecule has 25 heavy (non-hydrogen) atoms. The molecule has 1 aromatic heterocycles. The molecule has 1 aromatic carbocycles. The van der Waals surface area contributed by atoms with Crippen LogP contribution in [0, 0.1) is 5.92 Å². The molecule has 1 aliphatic rings. The van der Waals surface area contributed by atoms with Crippen molar-refractivity contribution in [1.29, 1.82) is 0 Å². The first-order valence-corrected chi connectivity index (χ1v) is 9.36. The van der Waals surface area contributed by atoms with Crippen molar-refractivity contribution >= 4 is 5.91 Å². The maximum atomic E-state index is 11.6. The fraction of sp³-hybridized carbons (Fsp3) is 0.476. The Hall–Kier alpha value is -2.23. The number of aromatic nitrogens is 1. The predicted octanol–water partition coefficient (Wildman–Crippen LogP) is 3.98. The third-order valence-electron chi connectivity index (χ3n) is 4.74. The van der Waals surface area contributed by atoms with Gasteiger partial charge in [0.25, 0.3) is 0 Å². The highest BCUT2D eigenvalue weighted by Gasteiger charge is 2.38. The average molecular weight is 340 g/mol. The summed E-state index contributed by atoms with van der Waals surface area (Å²) in [6, 6.07) is 12.5. The van der Waals surface area contributed by atoms with Crippen molar-refractivity contribution in [3.63, 3.8) is 0 Å². The normalized spacial score (nSPS) is 18.8. The van der Waals surface area contributed by atoms with Crippen LogP contribution in [-0.2, 0) is 11.3 Å². The number of carbonyl (C=O) groups is 1. The van der Waals surface area contributed by atoms with Crippen molar-refractivity contribution in [1.82, 2.24) is 9.88 Å². The molecule has 0 aliphatic heterocycles. The second-order valence-corrected chi connectivity index (χ2v) is 6.85. The van der Waals surface area contributed by atoms with Crippen LogP contribution in [-0.4, -0.2) is 23.6 Å². The number of benzene rings is 1. The van der Waals surface area contributed by atoms with E-state index in [0.29, 0.717) is 18.3 Å². The molecule has 0 saturated heterocycles. The molecule has 134 valence electrons. The van der Waals surface area contributed by atoms with Crippen molar-refractivity contribution in [3.8, 4) is 5.75 Å². The van der Waals surface area contributed by atoms with E-state index < -0.39 is 0 Å². The van der Waals surface area contributed by atoms with Crippen LogP contribution in [0.25, 0.3) is 0 Å². The van der Waals surface area contributed by atoms with Gasteiger partial charge < -0.3 is 14.6 Å². The molecule has 2 aromatic rings. The highest BCUT2D eigenvalue weighted by molar-refractivity contribution is 5.75. The quantitative estimate of drug-likeness (QED) is 0.665. The molecule has 0 radical (unpaired) electrons. The summed E-state index contributed by atoms with van der Waals surface area (Å²) >= 11 is 0. The van der Waals surface area contributed by atoms with Gasteiger partial charge in [-0.2, -0.15) is 0 Å². The fourth-order valence-corrected chi connectivity index (χ4v) is 3.23. The molecule has 0 spiro atoms. The summed E-state index contributed by atoms with van der Waals surface area (Å²) in [6.45, 7) is 4.53. The first-order chi connectivity index (χ1) is 12.3. The van der Waals surface area contributed by atoms with Gasteiger partial charge in [0, 0.05) is 31.9 Å². The van der Waals surface area contributed by atoms with Crippen LogP contribution < -0.4 is 10.1 Å². The van der Waals surface area contributed by atoms with E-state index >= 15 is 0 Å². The zero-order chi connectivity index (χ0) is 17.5. The van der Waals surface area contributed by atoms with Gasteiger partial charge in [-0.15, -0.1) is 0 Å². The van der Waals surface area contributed by atoms with Gasteiger partial charge in [-0.1, -0.05) is 19.1 Å². The summed E-state index contributed by atoms with van der Waals surface area (Å²) in [4.78, 5) is 11.6. The molecule has 1 fully saturated rings. The Labute approximate surface area is 150 Å². The topological polar surface area (TPSA) is 43.3 Å². The Morgan fingerprint density at radius 2 is 2.12 bits per heavy atom. The lowest BCUT2D eigenvalue weighted by molar-refractivity contribution is -0.121. The third-order valence-corrected chi connectivity index (χ3v) is 4.74. The van der Waals surface area contributed by atoms with Crippen molar-refractivity contribution in [2.45, 2.75) is 45.1 Å². The molecule has 1 heterocycles. The van der Waals surface area contributed by atoms with Gasteiger partial charge in [0.1, 0.15) is 5.75 Å². The van der Waals surface area contributed by atoms with E-state index in [2.05, 4.69) is 40.5 Å². The minimum atomic E-state index is 0.174. The van der Waals surface area contributed by atoms with Crippen LogP contribution in [0.1, 0.15) is 44.1 Å². The van der Waals surface area contributed by atoms with E-state index in [1.165, 1.54) is 5.56 Å². The highest BCUT2D eigenvalue weighted by atomic mass is 16.5. The number of hydrogen-bond donors (Lipinski definition) is 1. The zero-order valence-corrected chi connectivity index (χ0v) is 15.0. The van der Waals surface area contributed by atoms with E-state index in [9.17, 15) is 4.79 Å². The Morgan fingerprint density at radius 3 is 2.92 bits per heavy atom. The molecule has 1 aliphatic carbocycles. The van der Waals surface area contributed by atoms with E-state index in [-0.39, 0.29) is 5.91 Å². The van der Waals surface area contributed by atoms with Gasteiger partial charge in [-0.05, 0) is 60.9 Å². The average Bonchev–Trinajstić information content (AvgIpc) is 3.22. The highest BCUT2D eigenvalue weighted by Crippen LogP contribution is 2.47. The van der Waals surface area contributed by atoms with Crippen molar-refractivity contribution in [2.24, 2.45) is 5.92 Å². The summed E-state index contributed by atoms with van der Waals surface area (Å²) in [6.07, 6.45) is 7.84. The second kappa shape index (κ2) is 8.75. The number of nitrogens with zero attached hydrogens (tertiary/aromatic N) is 1. The molecule has 1 amide bonds. The minimum Gasteiger partial charge on any atom is -0.494 e. The molecule has 1 saturated carbocycles. The SMILES string of the molecule is CCCC(=O)NCC1CC1c1cccc(OCCCn2cccc2)c1. The fourth-order valence-electron chi connectivity index (χ4n) is 3.23. The number of amides is 1. The van der Waals surface area contributed by atoms with Crippen LogP contribution >= 0.6 is 0 Å². The molecule has 4 heteroatoms. The maximum Gasteiger partial charge on any atom is 0.219 e. The van der Waals surface area contributed by atoms with Gasteiger partial charge in [0.2, 0.25) is 5.91 Å². The van der Waals surface area contributed by atoms with Crippen LogP contribution in [0.4, 0.5) is 0 Å². The van der Waals surface area contributed by atoms with Gasteiger partial charge >= 0.3 is 0 Å². The second-order valence-electron chi connectivity index (χ2n) is 6.85. The minimum absolute atomic E-state index is 0.174. The van der Waals surface area contributed by atoms with Gasteiger partial charge in [0.15, 0.2) is 0 Å². The van der Waals surface area contributed by atoms with E-state index in [4.69, 9.17) is 4.74 Å². The first kappa shape index (κ1) is 17.6. The summed E-state index contributed by atoms with van der Waals surface area (Å²) in [5.74, 6) is 2.26. The molecule has 1 N–H and O–H groups in total. The molecule has 2 atom stereocenters. The predicted molar refractivity (Wildman–Crippen MR) is 99.8 cm³/mol. The Morgan fingerprint density at radius 1 is 1.28 bits per heavy atom. The first-order valence-electron chi connectivity index (χ1n) is 9.36. The number of nitrogens with one attached hydrogen (secondary N) is 1. The molecular weight excluding hydrogens is 312 g/mol. The Kier molecular flexibility index (Phi) is 6.15. The van der Waals surface area contributed by atoms with Crippen LogP contribution in [0.3, 0.4) is 0 Å². The standard InChI is InChI=1S/C21H28N2O2/c1-2-7-21(24)22-16-18-15-20(18)17-8-5-9-19(14-17)25-13-6-12-23-10-3-4-11-23/h3-5,8-11,14,18,20H,2,6-7,12-13,15-16H2,1H3,(H,22,24). The summed E-state index contributed by atoms with van der Waals surface area (Å²) < 4.78 is 8.07. The van der Waals surface area contributed by atoms with E-state index in [1.807, 2.05) is 25.1 Å². The number of rotatable bonds is 10. The van der Waals surface area contributed by atoms with Crippen molar-refractivity contribution in [2.75, 3.05) is 13.2 Å². The monoisotopic (exact) mass is 340 g/mol. The Bertz CT molecular complexity index is 666.